The number of nitrogens with zero attached hydrogens (tertiary/aromatic N) is 1. The van der Waals surface area contributed by atoms with Gasteiger partial charge in [0.05, 0.1) is 13.2 Å². The summed E-state index contributed by atoms with van der Waals surface area (Å²) in [6.45, 7) is 8.48. The van der Waals surface area contributed by atoms with E-state index in [0.29, 0.717) is 12.1 Å². The fourth-order valence-corrected chi connectivity index (χ4v) is 3.26. The van der Waals surface area contributed by atoms with E-state index in [2.05, 4.69) is 31.4 Å². The van der Waals surface area contributed by atoms with E-state index in [4.69, 9.17) is 4.74 Å². The molecule has 0 radical (unpaired) electrons. The Morgan fingerprint density at radius 1 is 1.06 bits per heavy atom. The van der Waals surface area contributed by atoms with E-state index in [1.54, 1.807) is 26.2 Å². The monoisotopic (exact) mass is 425 g/mol. The zero-order chi connectivity index (χ0) is 23.2. The highest BCUT2D eigenvalue weighted by molar-refractivity contribution is 5.97. The first kappa shape index (κ1) is 24.4. The van der Waals surface area contributed by atoms with Crippen LogP contribution in [0, 0.1) is 0 Å². The van der Waals surface area contributed by atoms with E-state index in [1.165, 1.54) is 0 Å². The standard InChI is InChI=1S/C25H35N3O3/c1-17(27-24(30)18-11-13-20(14-12-18)25(2,3)4)23(29)26-16-22(28(5)6)19-9-8-10-21(15-19)31-7/h8-15,17,22H,16H2,1-7H3,(H,26,29)(H,27,30). The van der Waals surface area contributed by atoms with Crippen LogP contribution < -0.4 is 15.4 Å². The zero-order valence-corrected chi connectivity index (χ0v) is 19.7. The van der Waals surface area contributed by atoms with Gasteiger partial charge in [0.25, 0.3) is 5.91 Å². The number of hydrogen-bond acceptors (Lipinski definition) is 4. The zero-order valence-electron chi connectivity index (χ0n) is 19.7. The van der Waals surface area contributed by atoms with Crippen LogP contribution in [0.3, 0.4) is 0 Å². The minimum Gasteiger partial charge on any atom is -0.497 e. The Balaban J connectivity index is 1.96. The SMILES string of the molecule is COc1cccc(C(CNC(=O)C(C)NC(=O)c2ccc(C(C)(C)C)cc2)N(C)C)c1. The summed E-state index contributed by atoms with van der Waals surface area (Å²) in [4.78, 5) is 27.2. The van der Waals surface area contributed by atoms with Gasteiger partial charge in [0.15, 0.2) is 0 Å². The van der Waals surface area contributed by atoms with Crippen molar-refractivity contribution in [2.45, 2.75) is 45.2 Å². The molecule has 0 heterocycles. The van der Waals surface area contributed by atoms with Crippen LogP contribution in [-0.4, -0.2) is 50.5 Å². The lowest BCUT2D eigenvalue weighted by atomic mass is 9.86. The summed E-state index contributed by atoms with van der Waals surface area (Å²) in [5.74, 6) is 0.281. The maximum Gasteiger partial charge on any atom is 0.251 e. The second kappa shape index (κ2) is 10.4. The first-order valence-electron chi connectivity index (χ1n) is 10.5. The number of rotatable bonds is 8. The molecule has 0 aliphatic carbocycles. The lowest BCUT2D eigenvalue weighted by molar-refractivity contribution is -0.122. The molecule has 6 nitrogen and oxygen atoms in total. The van der Waals surface area contributed by atoms with Crippen molar-refractivity contribution in [1.29, 1.82) is 0 Å². The Labute approximate surface area is 186 Å². The molecule has 2 amide bonds. The van der Waals surface area contributed by atoms with Gasteiger partial charge in [-0.1, -0.05) is 45.0 Å². The van der Waals surface area contributed by atoms with Crippen molar-refractivity contribution >= 4 is 11.8 Å². The molecule has 2 unspecified atom stereocenters. The van der Waals surface area contributed by atoms with Crippen LogP contribution in [0.15, 0.2) is 48.5 Å². The summed E-state index contributed by atoms with van der Waals surface area (Å²) >= 11 is 0. The highest BCUT2D eigenvalue weighted by atomic mass is 16.5. The van der Waals surface area contributed by atoms with Crippen LogP contribution in [0.25, 0.3) is 0 Å². The molecule has 2 rings (SSSR count). The summed E-state index contributed by atoms with van der Waals surface area (Å²) in [6, 6.07) is 14.6. The molecule has 2 N–H and O–H groups in total. The molecule has 0 saturated heterocycles. The van der Waals surface area contributed by atoms with Crippen molar-refractivity contribution in [3.05, 3.63) is 65.2 Å². The van der Waals surface area contributed by atoms with E-state index in [9.17, 15) is 9.59 Å². The third-order valence-corrected chi connectivity index (χ3v) is 5.33. The predicted octanol–water partition coefficient (Wildman–Crippen LogP) is 3.53. The summed E-state index contributed by atoms with van der Waals surface area (Å²) < 4.78 is 5.31. The lowest BCUT2D eigenvalue weighted by Gasteiger charge is -2.26. The lowest BCUT2D eigenvalue weighted by Crippen LogP contribution is -2.46. The van der Waals surface area contributed by atoms with Crippen LogP contribution in [0.5, 0.6) is 5.75 Å². The average Bonchev–Trinajstić information content (AvgIpc) is 2.73. The number of carbonyl (C=O) groups excluding carboxylic acids is 2. The van der Waals surface area contributed by atoms with Crippen LogP contribution in [0.4, 0.5) is 0 Å². The number of benzene rings is 2. The Hall–Kier alpha value is -2.86. The molecule has 0 saturated carbocycles. The van der Waals surface area contributed by atoms with Gasteiger partial charge in [-0.05, 0) is 61.8 Å². The van der Waals surface area contributed by atoms with Gasteiger partial charge in [-0.3, -0.25) is 9.59 Å². The van der Waals surface area contributed by atoms with Gasteiger partial charge in [-0.2, -0.15) is 0 Å². The average molecular weight is 426 g/mol. The van der Waals surface area contributed by atoms with Gasteiger partial charge in [-0.15, -0.1) is 0 Å². The molecule has 0 aromatic heterocycles. The van der Waals surface area contributed by atoms with E-state index in [1.807, 2.05) is 55.4 Å². The van der Waals surface area contributed by atoms with E-state index < -0.39 is 6.04 Å². The summed E-state index contributed by atoms with van der Waals surface area (Å²) in [5, 5.41) is 5.73. The molecule has 0 aliphatic rings. The summed E-state index contributed by atoms with van der Waals surface area (Å²) in [7, 11) is 5.55. The summed E-state index contributed by atoms with van der Waals surface area (Å²) in [6.07, 6.45) is 0. The number of carbonyl (C=O) groups is 2. The largest absolute Gasteiger partial charge is 0.497 e. The van der Waals surface area contributed by atoms with Crippen molar-refractivity contribution in [3.63, 3.8) is 0 Å². The molecular formula is C25H35N3O3. The van der Waals surface area contributed by atoms with Gasteiger partial charge < -0.3 is 20.3 Å². The Morgan fingerprint density at radius 2 is 1.71 bits per heavy atom. The summed E-state index contributed by atoms with van der Waals surface area (Å²) in [5.41, 5.74) is 2.76. The molecule has 2 atom stereocenters. The molecule has 0 fully saturated rings. The van der Waals surface area contributed by atoms with Gasteiger partial charge in [0.2, 0.25) is 5.91 Å². The molecule has 2 aromatic rings. The normalized spacial score (nSPS) is 13.4. The van der Waals surface area contributed by atoms with E-state index >= 15 is 0 Å². The quantitative estimate of drug-likeness (QED) is 0.679. The Kier molecular flexibility index (Phi) is 8.22. The minimum absolute atomic E-state index is 0.0214. The maximum atomic E-state index is 12.6. The van der Waals surface area contributed by atoms with Gasteiger partial charge in [0, 0.05) is 12.1 Å². The molecule has 168 valence electrons. The number of hydrogen-bond donors (Lipinski definition) is 2. The molecule has 31 heavy (non-hydrogen) atoms. The van der Waals surface area contributed by atoms with Gasteiger partial charge in [0.1, 0.15) is 11.8 Å². The predicted molar refractivity (Wildman–Crippen MR) is 125 cm³/mol. The van der Waals surface area contributed by atoms with Gasteiger partial charge >= 0.3 is 0 Å². The number of ether oxygens (including phenoxy) is 1. The van der Waals surface area contributed by atoms with Crippen molar-refractivity contribution in [2.24, 2.45) is 0 Å². The Bertz CT molecular complexity index is 886. The second-order valence-electron chi connectivity index (χ2n) is 9.02. The molecule has 0 aliphatic heterocycles. The van der Waals surface area contributed by atoms with Crippen molar-refractivity contribution in [2.75, 3.05) is 27.7 Å². The topological polar surface area (TPSA) is 70.7 Å². The molecule has 0 spiro atoms. The first-order valence-corrected chi connectivity index (χ1v) is 10.5. The van der Waals surface area contributed by atoms with Gasteiger partial charge in [-0.25, -0.2) is 0 Å². The Morgan fingerprint density at radius 3 is 2.26 bits per heavy atom. The van der Waals surface area contributed by atoms with Crippen molar-refractivity contribution in [1.82, 2.24) is 15.5 Å². The van der Waals surface area contributed by atoms with Crippen LogP contribution in [-0.2, 0) is 10.2 Å². The second-order valence-corrected chi connectivity index (χ2v) is 9.02. The van der Waals surface area contributed by atoms with Crippen molar-refractivity contribution in [3.8, 4) is 5.75 Å². The minimum atomic E-state index is -0.650. The number of methoxy groups -OCH3 is 1. The maximum absolute atomic E-state index is 12.6. The fourth-order valence-electron chi connectivity index (χ4n) is 3.26. The van der Waals surface area contributed by atoms with E-state index in [0.717, 1.165) is 16.9 Å². The highest BCUT2D eigenvalue weighted by Gasteiger charge is 2.21. The molecule has 2 aromatic carbocycles. The van der Waals surface area contributed by atoms with Crippen LogP contribution in [0.2, 0.25) is 0 Å². The molecular weight excluding hydrogens is 390 g/mol. The molecule has 0 bridgehead atoms. The number of nitrogens with one attached hydrogen (secondary N) is 2. The fraction of sp³-hybridized carbons (Fsp3) is 0.440. The third-order valence-electron chi connectivity index (χ3n) is 5.33. The number of amides is 2. The first-order chi connectivity index (χ1) is 14.5. The van der Waals surface area contributed by atoms with E-state index in [-0.39, 0.29) is 23.3 Å². The van der Waals surface area contributed by atoms with Crippen molar-refractivity contribution < 1.29 is 14.3 Å². The van der Waals surface area contributed by atoms with Crippen LogP contribution in [0.1, 0.15) is 55.2 Å². The highest BCUT2D eigenvalue weighted by Crippen LogP contribution is 2.23. The molecule has 6 heteroatoms. The third kappa shape index (κ3) is 6.82. The smallest absolute Gasteiger partial charge is 0.251 e. The van der Waals surface area contributed by atoms with Crippen LogP contribution >= 0.6 is 0 Å². The number of likely N-dealkylation sites (N-methyl/N-ethyl adjacent to an activating group) is 1.